The van der Waals surface area contributed by atoms with Gasteiger partial charge in [0.15, 0.2) is 11.5 Å². The van der Waals surface area contributed by atoms with Crippen LogP contribution in [0.4, 0.5) is 5.69 Å². The Morgan fingerprint density at radius 2 is 2.02 bits per heavy atom. The summed E-state index contributed by atoms with van der Waals surface area (Å²) in [5, 5.41) is 10.6. The van der Waals surface area contributed by atoms with Crippen LogP contribution in [0.3, 0.4) is 0 Å². The Labute approximate surface area is 249 Å². The van der Waals surface area contributed by atoms with Gasteiger partial charge in [-0.15, -0.1) is 0 Å². The van der Waals surface area contributed by atoms with Crippen molar-refractivity contribution in [1.29, 1.82) is 0 Å². The van der Waals surface area contributed by atoms with Crippen molar-refractivity contribution >= 4 is 17.6 Å². The zero-order valence-electron chi connectivity index (χ0n) is 25.5. The first-order chi connectivity index (χ1) is 20.1. The summed E-state index contributed by atoms with van der Waals surface area (Å²) in [7, 11) is 1.56. The van der Waals surface area contributed by atoms with Crippen molar-refractivity contribution in [1.82, 2.24) is 4.90 Å². The number of nitrogens with zero attached hydrogens (tertiary/aromatic N) is 2. The molecule has 9 heteroatoms. The van der Waals surface area contributed by atoms with Crippen molar-refractivity contribution in [3.8, 4) is 17.2 Å². The van der Waals surface area contributed by atoms with E-state index in [4.69, 9.17) is 19.9 Å². The number of ether oxygens (including phenoxy) is 3. The normalized spacial score (nSPS) is 20.3. The van der Waals surface area contributed by atoms with Gasteiger partial charge in [0.1, 0.15) is 0 Å². The average Bonchev–Trinajstić information content (AvgIpc) is 3.57. The standard InChI is InChI=1S/C33H45N3O6/c1-6-8-13-36(24-11-9-10-22(14-24)18-34)29(37)20-35-19-25(23-15-27(40-5)31-28(16-23)41-21-42-31)30(32(38)39)26(35)17-33(3,4)12-7-2/h7,9-12,14-16,25-26,30H,6,8,13,17-21,34H2,1-5H3,(H,38,39)/t25-,26+,30-/m1/s1. The molecule has 3 N–H and O–H groups in total. The Kier molecular flexibility index (Phi) is 10.2. The molecule has 1 saturated heterocycles. The van der Waals surface area contributed by atoms with E-state index in [1.54, 1.807) is 7.11 Å². The Balaban J connectivity index is 1.72. The molecule has 2 aliphatic rings. The van der Waals surface area contributed by atoms with E-state index >= 15 is 0 Å². The summed E-state index contributed by atoms with van der Waals surface area (Å²) in [5.74, 6) is -0.484. The molecule has 2 heterocycles. The van der Waals surface area contributed by atoms with Gasteiger partial charge in [-0.2, -0.15) is 0 Å². The first kappa shape index (κ1) is 31.4. The molecule has 0 unspecified atom stereocenters. The monoisotopic (exact) mass is 579 g/mol. The van der Waals surface area contributed by atoms with Crippen LogP contribution < -0.4 is 24.8 Å². The summed E-state index contributed by atoms with van der Waals surface area (Å²) in [4.78, 5) is 30.9. The molecule has 0 aromatic heterocycles. The quantitative estimate of drug-likeness (QED) is 0.312. The number of allylic oxidation sites excluding steroid dienone is 2. The van der Waals surface area contributed by atoms with Gasteiger partial charge in [0, 0.05) is 37.3 Å². The van der Waals surface area contributed by atoms with Crippen molar-refractivity contribution in [3.63, 3.8) is 0 Å². The average molecular weight is 580 g/mol. The van der Waals surface area contributed by atoms with Gasteiger partial charge in [-0.25, -0.2) is 0 Å². The lowest BCUT2D eigenvalue weighted by atomic mass is 9.77. The van der Waals surface area contributed by atoms with Crippen LogP contribution in [0.2, 0.25) is 0 Å². The molecule has 1 fully saturated rings. The van der Waals surface area contributed by atoms with Gasteiger partial charge >= 0.3 is 5.97 Å². The number of unbranched alkanes of at least 4 members (excludes halogenated alkanes) is 1. The van der Waals surface area contributed by atoms with Gasteiger partial charge in [-0.1, -0.05) is 51.5 Å². The Hall–Kier alpha value is -3.56. The second-order valence-corrected chi connectivity index (χ2v) is 11.9. The van der Waals surface area contributed by atoms with Crippen molar-refractivity contribution in [2.45, 2.75) is 65.5 Å². The van der Waals surface area contributed by atoms with Gasteiger partial charge in [-0.3, -0.25) is 14.5 Å². The van der Waals surface area contributed by atoms with Crippen LogP contribution in [0, 0.1) is 11.3 Å². The van der Waals surface area contributed by atoms with E-state index in [-0.39, 0.29) is 36.6 Å². The van der Waals surface area contributed by atoms with E-state index in [9.17, 15) is 14.7 Å². The minimum atomic E-state index is -0.883. The molecular formula is C33H45N3O6. The van der Waals surface area contributed by atoms with Crippen LogP contribution in [0.1, 0.15) is 64.0 Å². The lowest BCUT2D eigenvalue weighted by molar-refractivity contribution is -0.143. The van der Waals surface area contributed by atoms with Crippen molar-refractivity contribution < 1.29 is 28.9 Å². The lowest BCUT2D eigenvalue weighted by Crippen LogP contribution is -2.45. The van der Waals surface area contributed by atoms with Crippen LogP contribution in [-0.2, 0) is 16.1 Å². The summed E-state index contributed by atoms with van der Waals surface area (Å²) in [6, 6.07) is 11.1. The molecular weight excluding hydrogens is 534 g/mol. The molecule has 0 bridgehead atoms. The zero-order valence-corrected chi connectivity index (χ0v) is 25.5. The maximum absolute atomic E-state index is 14.1. The number of carboxylic acid groups (broad SMARTS) is 1. The molecule has 0 spiro atoms. The van der Waals surface area contributed by atoms with Crippen LogP contribution in [0.25, 0.3) is 0 Å². The van der Waals surface area contributed by atoms with Gasteiger partial charge in [0.25, 0.3) is 0 Å². The maximum Gasteiger partial charge on any atom is 0.308 e. The topological polar surface area (TPSA) is 115 Å². The van der Waals surface area contributed by atoms with E-state index in [0.717, 1.165) is 29.7 Å². The number of aliphatic carboxylic acids is 1. The predicted octanol–water partition coefficient (Wildman–Crippen LogP) is 5.18. The predicted molar refractivity (Wildman–Crippen MR) is 163 cm³/mol. The molecule has 3 atom stereocenters. The number of anilines is 1. The van der Waals surface area contributed by atoms with Gasteiger partial charge in [-0.05, 0) is 60.6 Å². The van der Waals surface area contributed by atoms with E-state index in [2.05, 4.69) is 31.7 Å². The number of nitrogens with two attached hydrogens (primary N) is 1. The van der Waals surface area contributed by atoms with Crippen molar-refractivity contribution in [2.75, 3.05) is 38.4 Å². The largest absolute Gasteiger partial charge is 0.493 e. The number of rotatable bonds is 13. The third-order valence-electron chi connectivity index (χ3n) is 8.33. The van der Waals surface area contributed by atoms with Crippen LogP contribution in [-0.4, -0.2) is 61.5 Å². The van der Waals surface area contributed by atoms with E-state index in [1.807, 2.05) is 54.3 Å². The Morgan fingerprint density at radius 3 is 2.69 bits per heavy atom. The third-order valence-corrected chi connectivity index (χ3v) is 8.33. The number of fused-ring (bicyclic) bond motifs is 1. The van der Waals surface area contributed by atoms with Crippen molar-refractivity contribution in [3.05, 3.63) is 59.7 Å². The number of carbonyl (C=O) groups is 2. The Morgan fingerprint density at radius 1 is 1.24 bits per heavy atom. The number of benzene rings is 2. The number of hydrogen-bond donors (Lipinski definition) is 2. The second kappa shape index (κ2) is 13.6. The maximum atomic E-state index is 14.1. The van der Waals surface area contributed by atoms with Crippen LogP contribution in [0.15, 0.2) is 48.6 Å². The minimum absolute atomic E-state index is 0.0560. The minimum Gasteiger partial charge on any atom is -0.493 e. The molecule has 228 valence electrons. The summed E-state index contributed by atoms with van der Waals surface area (Å²) >= 11 is 0. The second-order valence-electron chi connectivity index (χ2n) is 11.9. The highest BCUT2D eigenvalue weighted by Gasteiger charge is 2.49. The van der Waals surface area contributed by atoms with E-state index < -0.39 is 11.9 Å². The van der Waals surface area contributed by atoms with Crippen molar-refractivity contribution in [2.24, 2.45) is 17.1 Å². The highest BCUT2D eigenvalue weighted by Crippen LogP contribution is 2.48. The summed E-state index contributed by atoms with van der Waals surface area (Å²) in [5.41, 5.74) is 8.19. The molecule has 0 aliphatic carbocycles. The molecule has 9 nitrogen and oxygen atoms in total. The fourth-order valence-electron chi connectivity index (χ4n) is 6.33. The molecule has 2 aromatic carbocycles. The zero-order chi connectivity index (χ0) is 30.4. The van der Waals surface area contributed by atoms with E-state index in [1.165, 1.54) is 0 Å². The molecule has 0 radical (unpaired) electrons. The molecule has 4 rings (SSSR count). The highest BCUT2D eigenvalue weighted by molar-refractivity contribution is 5.95. The highest BCUT2D eigenvalue weighted by atomic mass is 16.7. The molecule has 2 aromatic rings. The number of hydrogen-bond acceptors (Lipinski definition) is 7. The summed E-state index contributed by atoms with van der Waals surface area (Å²) < 4.78 is 16.8. The van der Waals surface area contributed by atoms with Gasteiger partial charge < -0.3 is 30.0 Å². The van der Waals surface area contributed by atoms with Gasteiger partial charge in [0.2, 0.25) is 18.4 Å². The SMILES string of the molecule is CC=CC(C)(C)C[C@H]1[C@H](C(=O)O)[C@@H](c2cc(OC)c3c(c2)OCO3)CN1CC(=O)N(CCCC)c1cccc(CN)c1. The lowest BCUT2D eigenvalue weighted by Gasteiger charge is -2.34. The first-order valence-corrected chi connectivity index (χ1v) is 14.8. The van der Waals surface area contributed by atoms with Crippen LogP contribution in [0.5, 0.6) is 17.2 Å². The number of amides is 1. The Bertz CT molecular complexity index is 1290. The first-order valence-electron chi connectivity index (χ1n) is 14.8. The summed E-state index contributed by atoms with van der Waals surface area (Å²) in [6.07, 6.45) is 6.48. The number of carboxylic acids is 1. The number of methoxy groups -OCH3 is 1. The van der Waals surface area contributed by atoms with Gasteiger partial charge in [0.05, 0.1) is 19.6 Å². The molecule has 1 amide bonds. The summed E-state index contributed by atoms with van der Waals surface area (Å²) in [6.45, 7) is 9.85. The fourth-order valence-corrected chi connectivity index (χ4v) is 6.33. The fraction of sp³-hybridized carbons (Fsp3) is 0.515. The molecule has 2 aliphatic heterocycles. The smallest absolute Gasteiger partial charge is 0.308 e. The molecule has 42 heavy (non-hydrogen) atoms. The molecule has 0 saturated carbocycles. The number of carbonyl (C=O) groups excluding carboxylic acids is 1. The van der Waals surface area contributed by atoms with E-state index in [0.29, 0.717) is 43.3 Å². The third kappa shape index (κ3) is 6.90. The number of likely N-dealkylation sites (tertiary alicyclic amines) is 1. The van der Waals surface area contributed by atoms with Crippen LogP contribution >= 0.6 is 0 Å².